The first-order valence-corrected chi connectivity index (χ1v) is 9.08. The van der Waals surface area contributed by atoms with E-state index in [2.05, 4.69) is 20.2 Å². The highest BCUT2D eigenvalue weighted by Gasteiger charge is 2.16. The fourth-order valence-electron chi connectivity index (χ4n) is 2.13. The summed E-state index contributed by atoms with van der Waals surface area (Å²) in [7, 11) is -3.84. The van der Waals surface area contributed by atoms with Gasteiger partial charge >= 0.3 is 0 Å². The maximum absolute atomic E-state index is 13.6. The maximum atomic E-state index is 13.6. The van der Waals surface area contributed by atoms with E-state index in [0.717, 1.165) is 17.7 Å². The van der Waals surface area contributed by atoms with Crippen molar-refractivity contribution in [2.75, 3.05) is 10.0 Å². The van der Waals surface area contributed by atoms with Crippen molar-refractivity contribution in [3.05, 3.63) is 71.5 Å². The Bertz CT molecular complexity index is 1070. The van der Waals surface area contributed by atoms with E-state index in [1.54, 1.807) is 12.1 Å². The van der Waals surface area contributed by atoms with Gasteiger partial charge in [0.05, 0.1) is 10.6 Å². The molecule has 0 spiro atoms. The lowest BCUT2D eigenvalue weighted by molar-refractivity contribution is 0.449. The Morgan fingerprint density at radius 2 is 1.44 bits per heavy atom. The number of nitrogens with zero attached hydrogens (tertiary/aromatic N) is 2. The summed E-state index contributed by atoms with van der Waals surface area (Å²) in [5.74, 6) is -4.38. The maximum Gasteiger partial charge on any atom is 0.263 e. The quantitative estimate of drug-likeness (QED) is 0.644. The molecule has 3 aromatic rings. The lowest BCUT2D eigenvalue weighted by atomic mass is 10.2. The molecule has 0 unspecified atom stereocenters. The number of anilines is 3. The van der Waals surface area contributed by atoms with Gasteiger partial charge in [0.2, 0.25) is 0 Å². The zero-order valence-electron chi connectivity index (χ0n) is 13.9. The Labute approximate surface area is 153 Å². The second-order valence-corrected chi connectivity index (χ2v) is 7.25. The van der Waals surface area contributed by atoms with Crippen molar-refractivity contribution < 1.29 is 21.6 Å². The Kier molecular flexibility index (Phi) is 5.00. The average molecular weight is 394 g/mol. The SMILES string of the molecule is Cc1ccc(S(=O)(=O)Nc2ccc(Nc3ccc(F)c(F)c3F)nn2)cc1. The molecule has 0 aliphatic heterocycles. The number of halogens is 3. The molecule has 1 heterocycles. The Morgan fingerprint density at radius 1 is 0.815 bits per heavy atom. The summed E-state index contributed by atoms with van der Waals surface area (Å²) >= 11 is 0. The summed E-state index contributed by atoms with van der Waals surface area (Å²) in [6, 6.07) is 10.6. The standard InChI is InChI=1S/C17H13F3N4O2S/c1-10-2-4-11(5-3-10)27(25,26)24-15-9-8-14(22-23-15)21-13-7-6-12(18)16(19)17(13)20/h2-9H,1H3,(H,21,22)(H,23,24). The van der Waals surface area contributed by atoms with Crippen molar-refractivity contribution in [3.8, 4) is 0 Å². The molecular weight excluding hydrogens is 381 g/mol. The zero-order chi connectivity index (χ0) is 19.6. The molecule has 10 heteroatoms. The number of nitrogens with one attached hydrogen (secondary N) is 2. The predicted molar refractivity (Wildman–Crippen MR) is 93.6 cm³/mol. The second-order valence-electron chi connectivity index (χ2n) is 5.57. The van der Waals surface area contributed by atoms with Crippen molar-refractivity contribution in [2.45, 2.75) is 11.8 Å². The molecule has 0 atom stereocenters. The summed E-state index contributed by atoms with van der Waals surface area (Å²) < 4.78 is 66.6. The molecule has 0 fully saturated rings. The van der Waals surface area contributed by atoms with E-state index in [0.29, 0.717) is 0 Å². The molecule has 0 saturated heterocycles. The lowest BCUT2D eigenvalue weighted by Crippen LogP contribution is -2.14. The normalized spacial score (nSPS) is 11.3. The van der Waals surface area contributed by atoms with E-state index in [9.17, 15) is 21.6 Å². The highest BCUT2D eigenvalue weighted by atomic mass is 32.2. The van der Waals surface area contributed by atoms with Gasteiger partial charge in [0, 0.05) is 0 Å². The molecular formula is C17H13F3N4O2S. The first-order valence-electron chi connectivity index (χ1n) is 7.60. The van der Waals surface area contributed by atoms with Gasteiger partial charge in [-0.1, -0.05) is 17.7 Å². The predicted octanol–water partition coefficient (Wildman–Crippen LogP) is 3.75. The van der Waals surface area contributed by atoms with Crippen molar-refractivity contribution >= 4 is 27.3 Å². The number of benzene rings is 2. The van der Waals surface area contributed by atoms with E-state index in [1.165, 1.54) is 24.3 Å². The molecule has 3 rings (SSSR count). The minimum atomic E-state index is -3.84. The number of aromatic nitrogens is 2. The molecule has 6 nitrogen and oxygen atoms in total. The van der Waals surface area contributed by atoms with Crippen LogP contribution < -0.4 is 10.0 Å². The molecule has 2 aromatic carbocycles. The molecule has 1 aromatic heterocycles. The number of hydrogen-bond acceptors (Lipinski definition) is 5. The third-order valence-electron chi connectivity index (χ3n) is 3.53. The van der Waals surface area contributed by atoms with Crippen LogP contribution in [0.4, 0.5) is 30.5 Å². The van der Waals surface area contributed by atoms with Gasteiger partial charge in [-0.3, -0.25) is 4.72 Å². The average Bonchev–Trinajstić information content (AvgIpc) is 2.64. The van der Waals surface area contributed by atoms with Gasteiger partial charge in [0.25, 0.3) is 10.0 Å². The van der Waals surface area contributed by atoms with Crippen molar-refractivity contribution in [3.63, 3.8) is 0 Å². The van der Waals surface area contributed by atoms with Crippen LogP contribution >= 0.6 is 0 Å². The second kappa shape index (κ2) is 7.23. The van der Waals surface area contributed by atoms with Crippen LogP contribution in [0.15, 0.2) is 53.4 Å². The Hall–Kier alpha value is -3.14. The largest absolute Gasteiger partial charge is 0.336 e. The minimum Gasteiger partial charge on any atom is -0.336 e. The van der Waals surface area contributed by atoms with Gasteiger partial charge in [-0.2, -0.15) is 0 Å². The highest BCUT2D eigenvalue weighted by molar-refractivity contribution is 7.92. The van der Waals surface area contributed by atoms with Crippen LogP contribution in [0.1, 0.15) is 5.56 Å². The van der Waals surface area contributed by atoms with E-state index in [-0.39, 0.29) is 22.2 Å². The molecule has 27 heavy (non-hydrogen) atoms. The van der Waals surface area contributed by atoms with Gasteiger partial charge in [0.1, 0.15) is 0 Å². The van der Waals surface area contributed by atoms with E-state index in [4.69, 9.17) is 0 Å². The fourth-order valence-corrected chi connectivity index (χ4v) is 3.12. The van der Waals surface area contributed by atoms with Gasteiger partial charge in [-0.05, 0) is 43.3 Å². The van der Waals surface area contributed by atoms with Crippen LogP contribution in [0.5, 0.6) is 0 Å². The highest BCUT2D eigenvalue weighted by Crippen LogP contribution is 2.23. The van der Waals surface area contributed by atoms with Crippen LogP contribution in [0.2, 0.25) is 0 Å². The van der Waals surface area contributed by atoms with E-state index < -0.39 is 27.5 Å². The van der Waals surface area contributed by atoms with Gasteiger partial charge < -0.3 is 5.32 Å². The van der Waals surface area contributed by atoms with Crippen LogP contribution in [0.25, 0.3) is 0 Å². The number of rotatable bonds is 5. The monoisotopic (exact) mass is 394 g/mol. The molecule has 0 aliphatic rings. The molecule has 2 N–H and O–H groups in total. The number of aryl methyl sites for hydroxylation is 1. The fraction of sp³-hybridized carbons (Fsp3) is 0.0588. The van der Waals surface area contributed by atoms with Gasteiger partial charge in [0.15, 0.2) is 29.1 Å². The van der Waals surface area contributed by atoms with Crippen molar-refractivity contribution in [1.29, 1.82) is 0 Å². The third kappa shape index (κ3) is 4.17. The molecule has 140 valence electrons. The third-order valence-corrected chi connectivity index (χ3v) is 4.90. The molecule has 0 amide bonds. The smallest absolute Gasteiger partial charge is 0.263 e. The first-order chi connectivity index (χ1) is 12.8. The van der Waals surface area contributed by atoms with Gasteiger partial charge in [-0.15, -0.1) is 10.2 Å². The lowest BCUT2D eigenvalue weighted by Gasteiger charge is -2.09. The van der Waals surface area contributed by atoms with Crippen LogP contribution in [0, 0.1) is 24.4 Å². The summed E-state index contributed by atoms with van der Waals surface area (Å²) in [5.41, 5.74) is 0.574. The summed E-state index contributed by atoms with van der Waals surface area (Å²) in [5, 5.41) is 9.80. The van der Waals surface area contributed by atoms with E-state index >= 15 is 0 Å². The minimum absolute atomic E-state index is 0.0122. The van der Waals surface area contributed by atoms with Crippen LogP contribution in [-0.2, 0) is 10.0 Å². The Balaban J connectivity index is 1.76. The summed E-state index contributed by atoms with van der Waals surface area (Å²) in [6.07, 6.45) is 0. The summed E-state index contributed by atoms with van der Waals surface area (Å²) in [6.45, 7) is 1.83. The van der Waals surface area contributed by atoms with Crippen molar-refractivity contribution in [1.82, 2.24) is 10.2 Å². The van der Waals surface area contributed by atoms with Gasteiger partial charge in [-0.25, -0.2) is 21.6 Å². The molecule has 0 saturated carbocycles. The molecule has 0 aliphatic carbocycles. The zero-order valence-corrected chi connectivity index (χ0v) is 14.7. The first kappa shape index (κ1) is 18.6. The summed E-state index contributed by atoms with van der Waals surface area (Å²) in [4.78, 5) is 0.0564. The van der Waals surface area contributed by atoms with Crippen molar-refractivity contribution in [2.24, 2.45) is 0 Å². The van der Waals surface area contributed by atoms with Crippen LogP contribution in [-0.4, -0.2) is 18.6 Å². The van der Waals surface area contributed by atoms with E-state index in [1.807, 2.05) is 6.92 Å². The number of hydrogen-bond donors (Lipinski definition) is 2. The molecule has 0 radical (unpaired) electrons. The number of sulfonamides is 1. The Morgan fingerprint density at radius 3 is 2.07 bits per heavy atom. The topological polar surface area (TPSA) is 84.0 Å². The molecule has 0 bridgehead atoms. The van der Waals surface area contributed by atoms with Crippen LogP contribution in [0.3, 0.4) is 0 Å².